The number of hydrogen-bond donors (Lipinski definition) is 2. The molecular weight excluding hydrogens is 308 g/mol. The molecule has 1 amide bonds. The van der Waals surface area contributed by atoms with Crippen LogP contribution in [0.15, 0.2) is 36.7 Å². The molecule has 0 spiro atoms. The number of anilines is 2. The van der Waals surface area contributed by atoms with Crippen LogP contribution < -0.4 is 10.2 Å². The fourth-order valence-corrected chi connectivity index (χ4v) is 2.37. The van der Waals surface area contributed by atoms with Gasteiger partial charge in [-0.25, -0.2) is 4.79 Å². The molecule has 128 valence electrons. The fraction of sp³-hybridized carbons (Fsp3) is 0.353. The van der Waals surface area contributed by atoms with Gasteiger partial charge in [0.05, 0.1) is 11.8 Å². The Balaban J connectivity index is 2.04. The first kappa shape index (κ1) is 17.5. The summed E-state index contributed by atoms with van der Waals surface area (Å²) in [5, 5.41) is 15.7. The number of aromatic nitrogens is 2. The third-order valence-electron chi connectivity index (χ3n) is 3.89. The van der Waals surface area contributed by atoms with Crippen molar-refractivity contribution in [2.75, 3.05) is 23.3 Å². The van der Waals surface area contributed by atoms with Gasteiger partial charge >= 0.3 is 5.97 Å². The van der Waals surface area contributed by atoms with Crippen molar-refractivity contribution in [2.45, 2.75) is 26.8 Å². The first-order valence-corrected chi connectivity index (χ1v) is 7.89. The molecule has 1 unspecified atom stereocenters. The van der Waals surface area contributed by atoms with Gasteiger partial charge in [0.25, 0.3) is 0 Å². The molecule has 1 aromatic heterocycles. The lowest BCUT2D eigenvalue weighted by molar-refractivity contribution is -0.119. The van der Waals surface area contributed by atoms with Crippen molar-refractivity contribution in [1.29, 1.82) is 0 Å². The Kier molecular flexibility index (Phi) is 5.57. The van der Waals surface area contributed by atoms with E-state index in [2.05, 4.69) is 29.2 Å². The zero-order valence-corrected chi connectivity index (χ0v) is 14.1. The monoisotopic (exact) mass is 330 g/mol. The molecule has 0 bridgehead atoms. The minimum absolute atomic E-state index is 0.0539. The first-order valence-electron chi connectivity index (χ1n) is 7.89. The molecule has 0 fully saturated rings. The highest BCUT2D eigenvalue weighted by Gasteiger charge is 2.17. The summed E-state index contributed by atoms with van der Waals surface area (Å²) in [5.74, 6) is -1.33. The van der Waals surface area contributed by atoms with E-state index in [1.54, 1.807) is 6.92 Å². The van der Waals surface area contributed by atoms with Crippen LogP contribution in [0.2, 0.25) is 0 Å². The standard InChI is InChI=1S/C17H22N4O3/c1-4-20(5-2)15-8-6-14(7-9-15)19-16(22)12(3)21-11-13(10-18-21)17(23)24/h6-12H,4-5H2,1-3H3,(H,19,22)(H,23,24). The van der Waals surface area contributed by atoms with E-state index in [4.69, 9.17) is 5.11 Å². The van der Waals surface area contributed by atoms with Crippen LogP contribution in [0, 0.1) is 0 Å². The summed E-state index contributed by atoms with van der Waals surface area (Å²) in [6.45, 7) is 7.69. The van der Waals surface area contributed by atoms with Gasteiger partial charge in [-0.15, -0.1) is 0 Å². The van der Waals surface area contributed by atoms with Crippen molar-refractivity contribution in [1.82, 2.24) is 9.78 Å². The number of benzene rings is 1. The van der Waals surface area contributed by atoms with Crippen LogP contribution in [0.1, 0.15) is 37.2 Å². The Hall–Kier alpha value is -2.83. The number of aromatic carboxylic acids is 1. The van der Waals surface area contributed by atoms with Crippen LogP contribution in [0.25, 0.3) is 0 Å². The maximum atomic E-state index is 12.3. The van der Waals surface area contributed by atoms with Crippen molar-refractivity contribution in [3.05, 3.63) is 42.2 Å². The molecule has 0 radical (unpaired) electrons. The van der Waals surface area contributed by atoms with E-state index in [0.29, 0.717) is 5.69 Å². The maximum Gasteiger partial charge on any atom is 0.338 e. The second-order valence-electron chi connectivity index (χ2n) is 5.40. The molecule has 7 nitrogen and oxygen atoms in total. The molecule has 24 heavy (non-hydrogen) atoms. The van der Waals surface area contributed by atoms with Gasteiger partial charge in [-0.05, 0) is 45.0 Å². The van der Waals surface area contributed by atoms with E-state index in [-0.39, 0.29) is 11.5 Å². The molecule has 0 aliphatic rings. The Morgan fingerprint density at radius 3 is 2.38 bits per heavy atom. The van der Waals surface area contributed by atoms with Gasteiger partial charge in [-0.3, -0.25) is 9.48 Å². The van der Waals surface area contributed by atoms with Gasteiger partial charge in [0, 0.05) is 30.7 Å². The minimum atomic E-state index is -1.07. The third-order valence-corrected chi connectivity index (χ3v) is 3.89. The van der Waals surface area contributed by atoms with Crippen LogP contribution >= 0.6 is 0 Å². The Morgan fingerprint density at radius 1 is 1.25 bits per heavy atom. The number of rotatable bonds is 7. The highest BCUT2D eigenvalue weighted by atomic mass is 16.4. The molecule has 1 aromatic carbocycles. The lowest BCUT2D eigenvalue weighted by Crippen LogP contribution is -2.24. The summed E-state index contributed by atoms with van der Waals surface area (Å²) in [6.07, 6.45) is 2.57. The number of carboxylic acids is 1. The smallest absolute Gasteiger partial charge is 0.338 e. The van der Waals surface area contributed by atoms with E-state index in [1.807, 2.05) is 24.3 Å². The molecule has 0 saturated heterocycles. The number of hydrogen-bond acceptors (Lipinski definition) is 4. The Bertz CT molecular complexity index is 705. The van der Waals surface area contributed by atoms with Crippen LogP contribution in [0.3, 0.4) is 0 Å². The van der Waals surface area contributed by atoms with Gasteiger partial charge in [0.15, 0.2) is 0 Å². The lowest BCUT2D eigenvalue weighted by atomic mass is 10.2. The van der Waals surface area contributed by atoms with Crippen LogP contribution in [0.4, 0.5) is 11.4 Å². The van der Waals surface area contributed by atoms with Crippen molar-refractivity contribution in [2.24, 2.45) is 0 Å². The maximum absolute atomic E-state index is 12.3. The lowest BCUT2D eigenvalue weighted by Gasteiger charge is -2.21. The van der Waals surface area contributed by atoms with Crippen molar-refractivity contribution in [3.8, 4) is 0 Å². The summed E-state index contributed by atoms with van der Waals surface area (Å²) in [7, 11) is 0. The van der Waals surface area contributed by atoms with E-state index < -0.39 is 12.0 Å². The summed E-state index contributed by atoms with van der Waals surface area (Å²) in [5.41, 5.74) is 1.84. The molecule has 0 aliphatic heterocycles. The molecule has 7 heteroatoms. The Labute approximate surface area is 140 Å². The number of nitrogens with zero attached hydrogens (tertiary/aromatic N) is 3. The van der Waals surface area contributed by atoms with Gasteiger partial charge < -0.3 is 15.3 Å². The van der Waals surface area contributed by atoms with E-state index >= 15 is 0 Å². The third kappa shape index (κ3) is 3.92. The largest absolute Gasteiger partial charge is 0.478 e. The predicted molar refractivity (Wildman–Crippen MR) is 92.5 cm³/mol. The number of nitrogens with one attached hydrogen (secondary N) is 1. The number of carboxylic acid groups (broad SMARTS) is 1. The number of carbonyl (C=O) groups is 2. The molecule has 1 atom stereocenters. The van der Waals surface area contributed by atoms with E-state index in [9.17, 15) is 9.59 Å². The second-order valence-corrected chi connectivity index (χ2v) is 5.40. The quantitative estimate of drug-likeness (QED) is 0.815. The highest BCUT2D eigenvalue weighted by Crippen LogP contribution is 2.19. The summed E-state index contributed by atoms with van der Waals surface area (Å²) < 4.78 is 1.34. The second kappa shape index (κ2) is 7.63. The normalized spacial score (nSPS) is 11.8. The van der Waals surface area contributed by atoms with Gasteiger partial charge in [0.2, 0.25) is 5.91 Å². The molecule has 1 heterocycles. The molecular formula is C17H22N4O3. The molecule has 0 aliphatic carbocycles. The van der Waals surface area contributed by atoms with Gasteiger partial charge in [-0.2, -0.15) is 5.10 Å². The SMILES string of the molecule is CCN(CC)c1ccc(NC(=O)C(C)n2cc(C(=O)O)cn2)cc1. The summed E-state index contributed by atoms with van der Waals surface area (Å²) in [4.78, 5) is 25.4. The first-order chi connectivity index (χ1) is 11.5. The van der Waals surface area contributed by atoms with Gasteiger partial charge in [0.1, 0.15) is 6.04 Å². The highest BCUT2D eigenvalue weighted by molar-refractivity contribution is 5.93. The van der Waals surface area contributed by atoms with E-state index in [1.165, 1.54) is 17.1 Å². The van der Waals surface area contributed by atoms with Crippen LogP contribution in [-0.2, 0) is 4.79 Å². The summed E-state index contributed by atoms with van der Waals surface area (Å²) >= 11 is 0. The fourth-order valence-electron chi connectivity index (χ4n) is 2.37. The number of carbonyl (C=O) groups excluding carboxylic acids is 1. The average Bonchev–Trinajstić information content (AvgIpc) is 3.07. The zero-order chi connectivity index (χ0) is 17.7. The average molecular weight is 330 g/mol. The zero-order valence-electron chi connectivity index (χ0n) is 14.1. The van der Waals surface area contributed by atoms with Crippen LogP contribution in [0.5, 0.6) is 0 Å². The topological polar surface area (TPSA) is 87.5 Å². The van der Waals surface area contributed by atoms with E-state index in [0.717, 1.165) is 18.8 Å². The Morgan fingerprint density at radius 2 is 1.88 bits per heavy atom. The van der Waals surface area contributed by atoms with Gasteiger partial charge in [-0.1, -0.05) is 0 Å². The molecule has 2 rings (SSSR count). The van der Waals surface area contributed by atoms with Crippen molar-refractivity contribution in [3.63, 3.8) is 0 Å². The minimum Gasteiger partial charge on any atom is -0.478 e. The summed E-state index contributed by atoms with van der Waals surface area (Å²) in [6, 6.07) is 7.02. The molecule has 0 saturated carbocycles. The van der Waals surface area contributed by atoms with Crippen LogP contribution in [-0.4, -0.2) is 39.9 Å². The molecule has 2 N–H and O–H groups in total. The molecule has 2 aromatic rings. The number of amides is 1. The van der Waals surface area contributed by atoms with Crippen molar-refractivity contribution >= 4 is 23.3 Å². The predicted octanol–water partition coefficient (Wildman–Crippen LogP) is 2.63. The van der Waals surface area contributed by atoms with Crippen molar-refractivity contribution < 1.29 is 14.7 Å².